The average Bonchev–Trinajstić information content (AvgIpc) is 2.64. The van der Waals surface area contributed by atoms with E-state index in [0.29, 0.717) is 11.7 Å². The van der Waals surface area contributed by atoms with Gasteiger partial charge in [-0.25, -0.2) is 12.8 Å². The number of hydrogen-bond donors (Lipinski definition) is 2. The van der Waals surface area contributed by atoms with Gasteiger partial charge in [-0.05, 0) is 53.9 Å². The Kier molecular flexibility index (Phi) is 5.36. The average molecular weight is 386 g/mol. The van der Waals surface area contributed by atoms with Crippen LogP contribution in [0.1, 0.15) is 25.3 Å². The number of nitrogens with one attached hydrogen (secondary N) is 2. The second kappa shape index (κ2) is 7.71. The van der Waals surface area contributed by atoms with E-state index in [4.69, 9.17) is 0 Å². The molecule has 0 spiro atoms. The van der Waals surface area contributed by atoms with E-state index in [0.717, 1.165) is 23.4 Å². The van der Waals surface area contributed by atoms with Gasteiger partial charge in [0.25, 0.3) is 10.0 Å². The quantitative estimate of drug-likeness (QED) is 0.660. The molecule has 3 rings (SSSR count). The molecule has 8 heteroatoms. The van der Waals surface area contributed by atoms with Gasteiger partial charge < -0.3 is 5.32 Å². The summed E-state index contributed by atoms with van der Waals surface area (Å²) in [5, 5.41) is 11.1. The van der Waals surface area contributed by atoms with Crippen LogP contribution in [0.15, 0.2) is 65.6 Å². The lowest BCUT2D eigenvalue weighted by molar-refractivity contribution is 0.599. The van der Waals surface area contributed by atoms with Gasteiger partial charge in [-0.1, -0.05) is 32.0 Å². The first-order valence-electron chi connectivity index (χ1n) is 8.33. The highest BCUT2D eigenvalue weighted by molar-refractivity contribution is 7.92. The van der Waals surface area contributed by atoms with Gasteiger partial charge in [0.2, 0.25) is 0 Å². The third-order valence-electron chi connectivity index (χ3n) is 3.87. The van der Waals surface area contributed by atoms with E-state index < -0.39 is 15.8 Å². The summed E-state index contributed by atoms with van der Waals surface area (Å²) in [6.07, 6.45) is 0. The third kappa shape index (κ3) is 4.59. The smallest absolute Gasteiger partial charge is 0.263 e. The van der Waals surface area contributed by atoms with Crippen molar-refractivity contribution in [3.05, 3.63) is 72.0 Å². The Bertz CT molecular complexity index is 1020. The predicted octanol–water partition coefficient (Wildman–Crippen LogP) is 4.28. The molecule has 27 heavy (non-hydrogen) atoms. The SMILES string of the molecule is CC(C)c1ccccc1Nc1ccc(NS(=O)(=O)c2ccc(F)cc2)nn1. The number of benzene rings is 2. The van der Waals surface area contributed by atoms with E-state index in [2.05, 4.69) is 34.1 Å². The van der Waals surface area contributed by atoms with Crippen LogP contribution in [0.4, 0.5) is 21.7 Å². The second-order valence-corrected chi connectivity index (χ2v) is 7.91. The van der Waals surface area contributed by atoms with Crippen LogP contribution in [0, 0.1) is 5.82 Å². The fraction of sp³-hybridized carbons (Fsp3) is 0.158. The van der Waals surface area contributed by atoms with Crippen LogP contribution < -0.4 is 10.0 Å². The summed E-state index contributed by atoms with van der Waals surface area (Å²) in [6, 6.07) is 15.5. The van der Waals surface area contributed by atoms with Gasteiger partial charge in [0.05, 0.1) is 4.90 Å². The molecule has 3 aromatic rings. The second-order valence-electron chi connectivity index (χ2n) is 6.23. The molecule has 1 heterocycles. The number of sulfonamides is 1. The standard InChI is InChI=1S/C19H19FN4O2S/c1-13(2)16-5-3-4-6-17(16)21-18-11-12-19(23-22-18)24-27(25,26)15-9-7-14(20)8-10-15/h3-13H,1-2H3,(H,21,22)(H,23,24). The molecule has 6 nitrogen and oxygen atoms in total. The molecule has 0 atom stereocenters. The first-order chi connectivity index (χ1) is 12.8. The first kappa shape index (κ1) is 18.8. The van der Waals surface area contributed by atoms with Gasteiger partial charge in [0, 0.05) is 5.69 Å². The van der Waals surface area contributed by atoms with E-state index in [1.807, 2.05) is 24.3 Å². The Morgan fingerprint density at radius 3 is 2.15 bits per heavy atom. The lowest BCUT2D eigenvalue weighted by atomic mass is 10.0. The predicted molar refractivity (Wildman–Crippen MR) is 103 cm³/mol. The van der Waals surface area contributed by atoms with Gasteiger partial charge >= 0.3 is 0 Å². The molecule has 0 amide bonds. The molecule has 0 saturated carbocycles. The first-order valence-corrected chi connectivity index (χ1v) is 9.81. The number of halogens is 1. The van der Waals surface area contributed by atoms with E-state index >= 15 is 0 Å². The van der Waals surface area contributed by atoms with Crippen molar-refractivity contribution in [2.24, 2.45) is 0 Å². The van der Waals surface area contributed by atoms with E-state index in [-0.39, 0.29) is 10.7 Å². The highest BCUT2D eigenvalue weighted by atomic mass is 32.2. The molecular weight excluding hydrogens is 367 g/mol. The molecule has 2 N–H and O–H groups in total. The van der Waals surface area contributed by atoms with Crippen molar-refractivity contribution in [1.29, 1.82) is 0 Å². The fourth-order valence-corrected chi connectivity index (χ4v) is 3.51. The Labute approximate surface area is 157 Å². The number of rotatable bonds is 6. The molecule has 0 aliphatic carbocycles. The summed E-state index contributed by atoms with van der Waals surface area (Å²) in [6.45, 7) is 4.19. The van der Waals surface area contributed by atoms with Crippen molar-refractivity contribution < 1.29 is 12.8 Å². The van der Waals surface area contributed by atoms with Crippen molar-refractivity contribution in [3.8, 4) is 0 Å². The van der Waals surface area contributed by atoms with Crippen molar-refractivity contribution >= 4 is 27.3 Å². The minimum Gasteiger partial charge on any atom is -0.338 e. The van der Waals surface area contributed by atoms with Crippen LogP contribution >= 0.6 is 0 Å². The van der Waals surface area contributed by atoms with E-state index in [1.165, 1.54) is 18.2 Å². The third-order valence-corrected chi connectivity index (χ3v) is 5.24. The zero-order valence-electron chi connectivity index (χ0n) is 14.8. The van der Waals surface area contributed by atoms with E-state index in [1.54, 1.807) is 6.07 Å². The number of para-hydroxylation sites is 1. The number of hydrogen-bond acceptors (Lipinski definition) is 5. The fourth-order valence-electron chi connectivity index (χ4n) is 2.52. The van der Waals surface area contributed by atoms with Gasteiger partial charge in [-0.3, -0.25) is 4.72 Å². The summed E-state index contributed by atoms with van der Waals surface area (Å²) >= 11 is 0. The van der Waals surface area contributed by atoms with Crippen LogP contribution in [-0.4, -0.2) is 18.6 Å². The van der Waals surface area contributed by atoms with Crippen molar-refractivity contribution in [2.75, 3.05) is 10.0 Å². The summed E-state index contributed by atoms with van der Waals surface area (Å²) in [4.78, 5) is -0.0567. The topological polar surface area (TPSA) is 84.0 Å². The maximum absolute atomic E-state index is 13.0. The van der Waals surface area contributed by atoms with Gasteiger partial charge in [-0.2, -0.15) is 0 Å². The molecule has 2 aromatic carbocycles. The van der Waals surface area contributed by atoms with Crippen molar-refractivity contribution in [2.45, 2.75) is 24.7 Å². The lowest BCUT2D eigenvalue weighted by Gasteiger charge is -2.14. The zero-order chi connectivity index (χ0) is 19.4. The molecule has 0 unspecified atom stereocenters. The van der Waals surface area contributed by atoms with Crippen molar-refractivity contribution in [3.63, 3.8) is 0 Å². The van der Waals surface area contributed by atoms with E-state index in [9.17, 15) is 12.8 Å². The molecular formula is C19H19FN4O2S. The summed E-state index contributed by atoms with van der Waals surface area (Å²) in [5.74, 6) is 0.393. The highest BCUT2D eigenvalue weighted by Gasteiger charge is 2.15. The Hall–Kier alpha value is -3.00. The molecule has 0 aliphatic heterocycles. The number of anilines is 3. The van der Waals surface area contributed by atoms with Crippen LogP contribution in [0.5, 0.6) is 0 Å². The molecule has 0 fully saturated rings. The molecule has 0 saturated heterocycles. The monoisotopic (exact) mass is 386 g/mol. The Balaban J connectivity index is 1.75. The van der Waals surface area contributed by atoms with Gasteiger partial charge in [-0.15, -0.1) is 10.2 Å². The molecule has 0 bridgehead atoms. The molecule has 0 radical (unpaired) electrons. The zero-order valence-corrected chi connectivity index (χ0v) is 15.7. The maximum Gasteiger partial charge on any atom is 0.263 e. The minimum atomic E-state index is -3.86. The Morgan fingerprint density at radius 2 is 1.52 bits per heavy atom. The van der Waals surface area contributed by atoms with Crippen LogP contribution in [0.2, 0.25) is 0 Å². The normalized spacial score (nSPS) is 11.4. The maximum atomic E-state index is 13.0. The summed E-state index contributed by atoms with van der Waals surface area (Å²) in [5.41, 5.74) is 2.06. The lowest BCUT2D eigenvalue weighted by Crippen LogP contribution is -2.14. The number of aromatic nitrogens is 2. The van der Waals surface area contributed by atoms with Crippen LogP contribution in [0.25, 0.3) is 0 Å². The van der Waals surface area contributed by atoms with Gasteiger partial charge in [0.15, 0.2) is 11.6 Å². The molecule has 1 aromatic heterocycles. The number of nitrogens with zero attached hydrogens (tertiary/aromatic N) is 2. The highest BCUT2D eigenvalue weighted by Crippen LogP contribution is 2.26. The van der Waals surface area contributed by atoms with Crippen LogP contribution in [0.3, 0.4) is 0 Å². The molecule has 140 valence electrons. The molecule has 0 aliphatic rings. The summed E-state index contributed by atoms with van der Waals surface area (Å²) < 4.78 is 39.9. The Morgan fingerprint density at radius 1 is 0.889 bits per heavy atom. The van der Waals surface area contributed by atoms with Crippen molar-refractivity contribution in [1.82, 2.24) is 10.2 Å². The minimum absolute atomic E-state index is 0.0567. The largest absolute Gasteiger partial charge is 0.338 e. The van der Waals surface area contributed by atoms with Gasteiger partial charge in [0.1, 0.15) is 5.82 Å². The van der Waals surface area contributed by atoms with Crippen LogP contribution in [-0.2, 0) is 10.0 Å². The summed E-state index contributed by atoms with van der Waals surface area (Å²) in [7, 11) is -3.86.